The largest absolute Gasteiger partial charge is 0.504 e. The molecule has 25 heteroatoms. The highest BCUT2D eigenvalue weighted by molar-refractivity contribution is 7.87. The first-order chi connectivity index (χ1) is 33.8. The van der Waals surface area contributed by atoms with Crippen molar-refractivity contribution in [1.29, 1.82) is 0 Å². The third-order valence-electron chi connectivity index (χ3n) is 12.6. The molecule has 4 aromatic rings. The molecule has 72 heavy (non-hydrogen) atoms. The Kier molecular flexibility index (Phi) is 17.1. The minimum absolute atomic E-state index is 0.00478. The van der Waals surface area contributed by atoms with Gasteiger partial charge in [0.1, 0.15) is 66.9 Å². The molecular formula is C47H63N11O13S. The number of hydrogen-bond donors (Lipinski definition) is 13. The van der Waals surface area contributed by atoms with Crippen molar-refractivity contribution in [3.8, 4) is 39.8 Å². The summed E-state index contributed by atoms with van der Waals surface area (Å²) in [6, 6.07) is 6.36. The maximum Gasteiger partial charge on any atom is 0.321 e. The number of aliphatic hydroxyl groups is 3. The topological polar surface area (TPSA) is 403 Å². The SMILES string of the molecule is Cc1nc(-c2ccc3c(c2)CCC3(C)C)nc(N)c1C(=O)N[C@@H](CNS(N)(=O)=O)C(=O)N(C)[C@@H]1C(=O)N[C@@H](C)C(O)N[C@H](C(=O)O)Cc2ccc(OC[C@H](O)CN)c(c2)-c2cc1cc(OC[C@H](O)CN)c2O. The number of amides is 3. The van der Waals surface area contributed by atoms with Crippen LogP contribution in [0.5, 0.6) is 17.2 Å². The van der Waals surface area contributed by atoms with Crippen molar-refractivity contribution >= 4 is 39.7 Å². The molecule has 2 heterocycles. The van der Waals surface area contributed by atoms with Gasteiger partial charge in [0.15, 0.2) is 17.3 Å². The summed E-state index contributed by atoms with van der Waals surface area (Å²) in [6.45, 7) is 5.06. The number of aliphatic carboxylic acids is 1. The standard InChI is InChI=1S/C47H63N11O13S/c1-22-37(40(50)57-41(53-22)26-7-8-32-25(14-26)10-11-47(32,3)4)43(63)56-34(19-52-72(51,68)69)45(65)58(5)38-27-15-31(39(61)36(16-27)71-21-29(60)18-49)30-12-24(6-9-35(30)70-20-28(59)17-48)13-33(46(66)67)55-42(62)23(2)54-44(38)64/h6-9,12,14-16,23,28-29,33-34,38,42,52,55,59-62H,10-11,13,17-21,48-49H2,1-5H3,(H,54,64)(H,56,63)(H,66,67)(H2,50,53,57)(H2,51,68,69)/t23-,28+,29+,33-,34-,38-,42?/m0/s1. The fraction of sp³-hybridized carbons (Fsp3) is 0.447. The number of nitrogens with two attached hydrogens (primary N) is 4. The van der Waals surface area contributed by atoms with Crippen molar-refractivity contribution in [1.82, 2.24) is 35.5 Å². The first-order valence-electron chi connectivity index (χ1n) is 22.9. The number of aromatic hydroxyl groups is 1. The van der Waals surface area contributed by atoms with Crippen molar-refractivity contribution in [2.45, 2.75) is 95.0 Å². The van der Waals surface area contributed by atoms with Gasteiger partial charge < -0.3 is 67.7 Å². The zero-order valence-electron chi connectivity index (χ0n) is 40.4. The number of rotatable bonds is 17. The van der Waals surface area contributed by atoms with Crippen molar-refractivity contribution < 1.29 is 62.6 Å². The highest BCUT2D eigenvalue weighted by Gasteiger charge is 2.38. The first-order valence-corrected chi connectivity index (χ1v) is 24.5. The summed E-state index contributed by atoms with van der Waals surface area (Å²) < 4.78 is 38.4. The molecule has 7 atom stereocenters. The number of phenolic OH excluding ortho intramolecular Hbond substituents is 1. The molecule has 2 aliphatic rings. The summed E-state index contributed by atoms with van der Waals surface area (Å²) in [6.07, 6.45) is -2.54. The number of aryl methyl sites for hydroxylation is 2. The van der Waals surface area contributed by atoms with E-state index in [9.17, 15) is 53.1 Å². The van der Waals surface area contributed by atoms with Crippen LogP contribution < -0.4 is 52.5 Å². The number of carbonyl (C=O) groups is 4. The molecule has 0 saturated carbocycles. The lowest BCUT2D eigenvalue weighted by Crippen LogP contribution is -2.58. The zero-order valence-corrected chi connectivity index (χ0v) is 41.2. The van der Waals surface area contributed by atoms with Crippen LogP contribution in [-0.2, 0) is 42.8 Å². The molecule has 6 rings (SSSR count). The molecule has 390 valence electrons. The van der Waals surface area contributed by atoms with Crippen LogP contribution in [0.25, 0.3) is 22.5 Å². The van der Waals surface area contributed by atoms with Crippen LogP contribution in [0.15, 0.2) is 48.5 Å². The Bertz CT molecular complexity index is 2790. The highest BCUT2D eigenvalue weighted by atomic mass is 32.2. The Morgan fingerprint density at radius 2 is 1.65 bits per heavy atom. The molecular weight excluding hydrogens is 959 g/mol. The van der Waals surface area contributed by atoms with Gasteiger partial charge in [0.2, 0.25) is 11.8 Å². The number of benzene rings is 3. The van der Waals surface area contributed by atoms with E-state index >= 15 is 0 Å². The molecule has 1 aromatic heterocycles. The first kappa shape index (κ1) is 54.8. The predicted octanol–water partition coefficient (Wildman–Crippen LogP) is -1.46. The van der Waals surface area contributed by atoms with Gasteiger partial charge in [0, 0.05) is 43.4 Å². The number of fused-ring (bicyclic) bond motifs is 6. The summed E-state index contributed by atoms with van der Waals surface area (Å²) in [5, 5.41) is 67.0. The number of carbonyl (C=O) groups excluding carboxylic acids is 3. The van der Waals surface area contributed by atoms with Crippen molar-refractivity contribution in [2.75, 3.05) is 45.6 Å². The van der Waals surface area contributed by atoms with Gasteiger partial charge in [-0.2, -0.15) is 13.1 Å². The molecule has 3 amide bonds. The number of carboxylic acids is 1. The molecule has 1 unspecified atom stereocenters. The van der Waals surface area contributed by atoms with Crippen molar-refractivity contribution in [2.24, 2.45) is 16.6 Å². The molecule has 0 radical (unpaired) electrons. The van der Waals surface area contributed by atoms with Gasteiger partial charge in [0.25, 0.3) is 16.1 Å². The molecule has 3 aromatic carbocycles. The Labute approximate surface area is 415 Å². The summed E-state index contributed by atoms with van der Waals surface area (Å²) >= 11 is 0. The second-order valence-electron chi connectivity index (χ2n) is 18.6. The monoisotopic (exact) mass is 1020 g/mol. The molecule has 1 aliphatic heterocycles. The summed E-state index contributed by atoms with van der Waals surface area (Å²) in [5.41, 5.74) is 20.7. The van der Waals surface area contributed by atoms with Gasteiger partial charge in [-0.1, -0.05) is 32.0 Å². The van der Waals surface area contributed by atoms with E-state index in [1.807, 2.05) is 22.9 Å². The van der Waals surface area contributed by atoms with Crippen LogP contribution in [-0.4, -0.2) is 149 Å². The molecule has 0 fully saturated rings. The number of hydrogen-bond acceptors (Lipinski definition) is 18. The van der Waals surface area contributed by atoms with Crippen molar-refractivity contribution in [3.63, 3.8) is 0 Å². The lowest BCUT2D eigenvalue weighted by Gasteiger charge is -2.33. The second-order valence-corrected chi connectivity index (χ2v) is 19.9. The number of aliphatic hydroxyl groups excluding tert-OH is 3. The van der Waals surface area contributed by atoms with Crippen LogP contribution in [0.1, 0.15) is 71.5 Å². The van der Waals surface area contributed by atoms with Gasteiger partial charge in [-0.3, -0.25) is 24.5 Å². The fourth-order valence-electron chi connectivity index (χ4n) is 8.58. The van der Waals surface area contributed by atoms with Crippen molar-refractivity contribution in [3.05, 3.63) is 82.0 Å². The molecule has 1 aliphatic carbocycles. The number of likely N-dealkylation sites (N-methyl/N-ethyl adjacent to an activating group) is 1. The Morgan fingerprint density at radius 3 is 2.28 bits per heavy atom. The Morgan fingerprint density at radius 1 is 0.986 bits per heavy atom. The van der Waals surface area contributed by atoms with Crippen LogP contribution in [0, 0.1) is 6.92 Å². The van der Waals surface area contributed by atoms with E-state index in [1.165, 1.54) is 49.7 Å². The summed E-state index contributed by atoms with van der Waals surface area (Å²) in [5.74, 6) is -5.44. The van der Waals surface area contributed by atoms with Crippen LogP contribution in [0.4, 0.5) is 5.82 Å². The quantitative estimate of drug-likeness (QED) is 0.0575. The van der Waals surface area contributed by atoms with Crippen LogP contribution >= 0.6 is 0 Å². The summed E-state index contributed by atoms with van der Waals surface area (Å²) in [4.78, 5) is 66.3. The average Bonchev–Trinajstić information content (AvgIpc) is 3.63. The lowest BCUT2D eigenvalue weighted by molar-refractivity contribution is -0.142. The Balaban J connectivity index is 1.46. The molecule has 17 N–H and O–H groups in total. The van der Waals surface area contributed by atoms with E-state index in [2.05, 4.69) is 39.8 Å². The van der Waals surface area contributed by atoms with Crippen LogP contribution in [0.2, 0.25) is 0 Å². The Hall–Kier alpha value is -6.55. The van der Waals surface area contributed by atoms with E-state index in [4.69, 9.17) is 31.8 Å². The minimum atomic E-state index is -4.53. The number of carboxylic acid groups (broad SMARTS) is 1. The van der Waals surface area contributed by atoms with E-state index < -0.39 is 95.4 Å². The summed E-state index contributed by atoms with van der Waals surface area (Å²) in [7, 11) is -3.38. The van der Waals surface area contributed by atoms with E-state index in [1.54, 1.807) is 0 Å². The second kappa shape index (κ2) is 22.5. The minimum Gasteiger partial charge on any atom is -0.504 e. The number of phenols is 1. The van der Waals surface area contributed by atoms with Crippen LogP contribution in [0.3, 0.4) is 0 Å². The normalized spacial score (nSPS) is 20.0. The highest BCUT2D eigenvalue weighted by Crippen LogP contribution is 2.45. The zero-order chi connectivity index (χ0) is 53.0. The maximum atomic E-state index is 14.9. The average molecular weight is 1020 g/mol. The van der Waals surface area contributed by atoms with Gasteiger partial charge in [-0.05, 0) is 91.1 Å². The predicted molar refractivity (Wildman–Crippen MR) is 262 cm³/mol. The lowest BCUT2D eigenvalue weighted by atomic mass is 9.86. The molecule has 4 bridgehead atoms. The van der Waals surface area contributed by atoms with Gasteiger partial charge in [0.05, 0.1) is 11.7 Å². The fourth-order valence-corrected chi connectivity index (χ4v) is 8.98. The third kappa shape index (κ3) is 12.7. The number of nitrogens with zero attached hydrogens (tertiary/aromatic N) is 3. The number of nitrogens with one attached hydrogen (secondary N) is 4. The van der Waals surface area contributed by atoms with E-state index in [0.29, 0.717) is 11.1 Å². The number of nitrogen functional groups attached to an aromatic ring is 1. The number of ether oxygens (including phenoxy) is 2. The molecule has 24 nitrogen and oxygen atoms in total. The smallest absolute Gasteiger partial charge is 0.321 e. The van der Waals surface area contributed by atoms with Gasteiger partial charge in [-0.15, -0.1) is 0 Å². The molecule has 0 saturated heterocycles. The maximum absolute atomic E-state index is 14.9. The van der Waals surface area contributed by atoms with E-state index in [-0.39, 0.29) is 82.6 Å². The van der Waals surface area contributed by atoms with Gasteiger partial charge in [-0.25, -0.2) is 15.1 Å². The molecule has 0 spiro atoms. The van der Waals surface area contributed by atoms with Gasteiger partial charge >= 0.3 is 5.97 Å². The van der Waals surface area contributed by atoms with E-state index in [0.717, 1.165) is 30.4 Å². The third-order valence-corrected chi connectivity index (χ3v) is 13.2. The number of anilines is 1. The number of aromatic nitrogens is 2.